The Morgan fingerprint density at radius 2 is 1.80 bits per heavy atom. The summed E-state index contributed by atoms with van der Waals surface area (Å²) in [7, 11) is 0. The van der Waals surface area contributed by atoms with Crippen molar-refractivity contribution in [1.29, 1.82) is 15.8 Å². The average molecular weight is 398 g/mol. The number of hydrogen-bond acceptors (Lipinski definition) is 9. The van der Waals surface area contributed by atoms with E-state index in [4.69, 9.17) is 4.74 Å². The van der Waals surface area contributed by atoms with E-state index in [1.165, 1.54) is 0 Å². The summed E-state index contributed by atoms with van der Waals surface area (Å²) in [5, 5.41) is 32.3. The highest BCUT2D eigenvalue weighted by molar-refractivity contribution is 5.93. The first-order valence-electron chi connectivity index (χ1n) is 9.55. The second-order valence-corrected chi connectivity index (χ2v) is 6.64. The minimum absolute atomic E-state index is 0.0555. The van der Waals surface area contributed by atoms with Gasteiger partial charge in [-0.3, -0.25) is 0 Å². The summed E-state index contributed by atoms with van der Waals surface area (Å²) in [6, 6.07) is 13.9. The number of anilines is 3. The average Bonchev–Trinajstić information content (AvgIpc) is 3.18. The van der Waals surface area contributed by atoms with Gasteiger partial charge in [0.1, 0.15) is 35.3 Å². The van der Waals surface area contributed by atoms with Crippen molar-refractivity contribution >= 4 is 22.8 Å². The summed E-state index contributed by atoms with van der Waals surface area (Å²) in [4.78, 5) is 12.8. The van der Waals surface area contributed by atoms with Crippen LogP contribution in [0.25, 0.3) is 5.57 Å². The quantitative estimate of drug-likeness (QED) is 0.774. The zero-order valence-corrected chi connectivity index (χ0v) is 16.4. The first kappa shape index (κ1) is 19.2. The lowest BCUT2D eigenvalue weighted by Crippen LogP contribution is -2.38. The van der Waals surface area contributed by atoms with E-state index >= 15 is 0 Å². The van der Waals surface area contributed by atoms with Gasteiger partial charge in [0.2, 0.25) is 0 Å². The number of para-hydroxylation sites is 2. The van der Waals surface area contributed by atoms with Crippen molar-refractivity contribution in [1.82, 2.24) is 9.97 Å². The molecule has 0 spiro atoms. The number of nitrogens with one attached hydrogen (secondary N) is 1. The fraction of sp³-hybridized carbons (Fsp3) is 0.286. The van der Waals surface area contributed by atoms with Crippen LogP contribution in [0.5, 0.6) is 0 Å². The molecule has 0 saturated carbocycles. The van der Waals surface area contributed by atoms with Gasteiger partial charge < -0.3 is 19.9 Å². The molecule has 0 radical (unpaired) electrons. The van der Waals surface area contributed by atoms with Crippen LogP contribution in [0, 0.1) is 34.0 Å². The Morgan fingerprint density at radius 3 is 2.47 bits per heavy atom. The van der Waals surface area contributed by atoms with E-state index in [-0.39, 0.29) is 22.7 Å². The van der Waals surface area contributed by atoms with Gasteiger partial charge in [0.15, 0.2) is 17.2 Å². The first-order valence-corrected chi connectivity index (χ1v) is 9.55. The molecule has 9 heteroatoms. The van der Waals surface area contributed by atoms with Crippen molar-refractivity contribution in [2.75, 3.05) is 48.0 Å². The molecule has 1 saturated heterocycles. The van der Waals surface area contributed by atoms with Crippen LogP contribution in [0.2, 0.25) is 0 Å². The van der Waals surface area contributed by atoms with Gasteiger partial charge in [-0.05, 0) is 19.1 Å². The van der Waals surface area contributed by atoms with Crippen molar-refractivity contribution in [3.63, 3.8) is 0 Å². The molecular formula is C21H18N8O. The number of morpholine rings is 1. The molecule has 9 nitrogen and oxygen atoms in total. The number of aromatic nitrogens is 2. The number of ether oxygens (including phenoxy) is 1. The summed E-state index contributed by atoms with van der Waals surface area (Å²) in [5.74, 6) is 0.991. The summed E-state index contributed by atoms with van der Waals surface area (Å²) >= 11 is 0. The number of hydrogen-bond donors (Lipinski definition) is 1. The summed E-state index contributed by atoms with van der Waals surface area (Å²) < 4.78 is 5.42. The van der Waals surface area contributed by atoms with Gasteiger partial charge in [0.25, 0.3) is 0 Å². The maximum atomic E-state index is 10.1. The molecule has 0 atom stereocenters. The minimum Gasteiger partial charge on any atom is -0.378 e. The molecule has 2 aromatic rings. The number of allylic oxidation sites excluding steroid dienone is 1. The fourth-order valence-electron chi connectivity index (χ4n) is 3.62. The molecule has 1 N–H and O–H groups in total. The second kappa shape index (κ2) is 8.08. The lowest BCUT2D eigenvalue weighted by molar-refractivity contribution is 0.122. The van der Waals surface area contributed by atoms with Crippen LogP contribution in [-0.2, 0) is 4.74 Å². The Bertz CT molecular complexity index is 1150. The normalized spacial score (nSPS) is 16.7. The lowest BCUT2D eigenvalue weighted by atomic mass is 10.1. The van der Waals surface area contributed by atoms with Gasteiger partial charge in [0.05, 0.1) is 24.6 Å². The summed E-state index contributed by atoms with van der Waals surface area (Å²) in [5.41, 5.74) is 2.23. The third-order valence-electron chi connectivity index (χ3n) is 5.02. The monoisotopic (exact) mass is 398 g/mol. The summed E-state index contributed by atoms with van der Waals surface area (Å²) in [6.45, 7) is 4.74. The van der Waals surface area contributed by atoms with E-state index in [0.717, 1.165) is 11.4 Å². The molecule has 3 heterocycles. The molecule has 148 valence electrons. The predicted molar refractivity (Wildman–Crippen MR) is 110 cm³/mol. The van der Waals surface area contributed by atoms with Crippen molar-refractivity contribution in [2.24, 2.45) is 0 Å². The molecule has 0 bridgehead atoms. The maximum absolute atomic E-state index is 10.1. The van der Waals surface area contributed by atoms with Crippen molar-refractivity contribution in [3.05, 3.63) is 47.2 Å². The molecular weight excluding hydrogens is 380 g/mol. The standard InChI is InChI=1S/C21H18N8O/c1-2-29-18-6-4-3-5-15(18)26-20(29)14(11-22)19-21(28-7-9-30-10-8-28)27-17(13-24)16(12-23)25-19/h3-6,26H,2,7-10H2,1H3. The lowest BCUT2D eigenvalue weighted by Gasteiger charge is -2.29. The number of nitriles is 3. The smallest absolute Gasteiger partial charge is 0.179 e. The number of rotatable bonds is 3. The molecule has 4 rings (SSSR count). The van der Waals surface area contributed by atoms with Gasteiger partial charge in [-0.1, -0.05) is 12.1 Å². The van der Waals surface area contributed by atoms with Gasteiger partial charge in [-0.2, -0.15) is 15.8 Å². The van der Waals surface area contributed by atoms with Crippen LogP contribution in [-0.4, -0.2) is 42.8 Å². The molecule has 1 fully saturated rings. The van der Waals surface area contributed by atoms with Crippen molar-refractivity contribution < 1.29 is 4.74 Å². The van der Waals surface area contributed by atoms with Gasteiger partial charge >= 0.3 is 0 Å². The molecule has 1 aromatic heterocycles. The van der Waals surface area contributed by atoms with Crippen molar-refractivity contribution in [3.8, 4) is 18.2 Å². The van der Waals surface area contributed by atoms with Gasteiger partial charge in [-0.15, -0.1) is 0 Å². The first-order chi connectivity index (χ1) is 14.7. The van der Waals surface area contributed by atoms with Gasteiger partial charge in [-0.25, -0.2) is 9.97 Å². The third kappa shape index (κ3) is 3.16. The Hall–Kier alpha value is -4.13. The predicted octanol–water partition coefficient (Wildman–Crippen LogP) is 2.20. The van der Waals surface area contributed by atoms with Crippen LogP contribution in [0.15, 0.2) is 30.1 Å². The molecule has 0 amide bonds. The second-order valence-electron chi connectivity index (χ2n) is 6.64. The number of fused-ring (bicyclic) bond motifs is 1. The highest BCUT2D eigenvalue weighted by Crippen LogP contribution is 2.39. The zero-order chi connectivity index (χ0) is 21.1. The van der Waals surface area contributed by atoms with Crippen LogP contribution in [0.4, 0.5) is 17.2 Å². The van der Waals surface area contributed by atoms with Crippen LogP contribution >= 0.6 is 0 Å². The molecule has 0 unspecified atom stereocenters. The Balaban J connectivity index is 1.94. The highest BCUT2D eigenvalue weighted by atomic mass is 16.5. The SMILES string of the molecule is CCN1C(=C(C#N)c2nc(C#N)c(C#N)nc2N2CCOCC2)Nc2ccccc21. The van der Waals surface area contributed by atoms with Crippen LogP contribution < -0.4 is 15.1 Å². The minimum atomic E-state index is -0.101. The Morgan fingerprint density at radius 1 is 1.10 bits per heavy atom. The molecule has 2 aliphatic rings. The van der Waals surface area contributed by atoms with Gasteiger partial charge in [0, 0.05) is 19.6 Å². The van der Waals surface area contributed by atoms with Crippen LogP contribution in [0.3, 0.4) is 0 Å². The van der Waals surface area contributed by atoms with Crippen molar-refractivity contribution in [2.45, 2.75) is 6.92 Å². The molecule has 1 aromatic carbocycles. The number of benzene rings is 1. The molecule has 2 aliphatic heterocycles. The van der Waals surface area contributed by atoms with E-state index in [1.807, 2.05) is 53.1 Å². The Kier molecular flexibility index (Phi) is 5.17. The molecule has 30 heavy (non-hydrogen) atoms. The maximum Gasteiger partial charge on any atom is 0.179 e. The van der Waals surface area contributed by atoms with E-state index in [2.05, 4.69) is 21.4 Å². The number of nitrogens with zero attached hydrogens (tertiary/aromatic N) is 7. The largest absolute Gasteiger partial charge is 0.378 e. The summed E-state index contributed by atoms with van der Waals surface area (Å²) in [6.07, 6.45) is 0. The fourth-order valence-corrected chi connectivity index (χ4v) is 3.62. The topological polar surface area (TPSA) is 125 Å². The van der Waals surface area contributed by atoms with E-state index < -0.39 is 0 Å². The van der Waals surface area contributed by atoms with Crippen LogP contribution in [0.1, 0.15) is 24.0 Å². The van der Waals surface area contributed by atoms with E-state index in [0.29, 0.717) is 44.5 Å². The van der Waals surface area contributed by atoms with E-state index in [9.17, 15) is 15.8 Å². The molecule has 0 aliphatic carbocycles. The zero-order valence-electron chi connectivity index (χ0n) is 16.4. The van der Waals surface area contributed by atoms with E-state index in [1.54, 1.807) is 0 Å². The Labute approximate surface area is 174 Å². The highest BCUT2D eigenvalue weighted by Gasteiger charge is 2.30. The third-order valence-corrected chi connectivity index (χ3v) is 5.02.